The summed E-state index contributed by atoms with van der Waals surface area (Å²) in [5, 5.41) is 4.28. The zero-order chi connectivity index (χ0) is 31.1. The predicted molar refractivity (Wildman–Crippen MR) is 176 cm³/mol. The predicted octanol–water partition coefficient (Wildman–Crippen LogP) is 7.06. The summed E-state index contributed by atoms with van der Waals surface area (Å²) in [6.45, 7) is 6.16. The third kappa shape index (κ3) is 5.73. The molecule has 0 radical (unpaired) electrons. The molecular formula is C36H42ClN3O5. The van der Waals surface area contributed by atoms with Gasteiger partial charge in [0.05, 0.1) is 35.7 Å². The highest BCUT2D eigenvalue weighted by molar-refractivity contribution is 6.31. The summed E-state index contributed by atoms with van der Waals surface area (Å²) in [5.74, 6) is 2.09. The first-order valence-electron chi connectivity index (χ1n) is 16.1. The van der Waals surface area contributed by atoms with Crippen molar-refractivity contribution in [1.82, 2.24) is 4.90 Å². The number of hydrogen-bond donors (Lipinski definition) is 1. The lowest BCUT2D eigenvalue weighted by Crippen LogP contribution is -2.48. The number of fused-ring (bicyclic) bond motifs is 2. The summed E-state index contributed by atoms with van der Waals surface area (Å²) in [5.41, 5.74) is 4.99. The van der Waals surface area contributed by atoms with Crippen LogP contribution in [0.1, 0.15) is 66.4 Å². The lowest BCUT2D eigenvalue weighted by molar-refractivity contribution is -0.0684. The molecule has 1 aliphatic carbocycles. The van der Waals surface area contributed by atoms with E-state index in [0.29, 0.717) is 23.3 Å². The second kappa shape index (κ2) is 12.4. The van der Waals surface area contributed by atoms with Gasteiger partial charge in [0.2, 0.25) is 0 Å². The first-order valence-corrected chi connectivity index (χ1v) is 16.5. The molecule has 4 aliphatic rings. The summed E-state index contributed by atoms with van der Waals surface area (Å²) >= 11 is 6.63. The van der Waals surface area contributed by atoms with Crippen molar-refractivity contribution in [3.63, 3.8) is 0 Å². The van der Waals surface area contributed by atoms with Crippen LogP contribution in [0.3, 0.4) is 0 Å². The van der Waals surface area contributed by atoms with Crippen LogP contribution in [0.25, 0.3) is 0 Å². The third-order valence-electron chi connectivity index (χ3n) is 10.0. The molecule has 0 amide bonds. The molecule has 2 atom stereocenters. The van der Waals surface area contributed by atoms with Gasteiger partial charge in [-0.2, -0.15) is 0 Å². The number of ether oxygens (including phenoxy) is 4. The van der Waals surface area contributed by atoms with Crippen LogP contribution in [-0.2, 0) is 10.5 Å². The van der Waals surface area contributed by atoms with Crippen LogP contribution in [0.5, 0.6) is 17.2 Å². The molecular weight excluding hydrogens is 590 g/mol. The minimum Gasteiger partial charge on any atom is -0.497 e. The number of benzene rings is 3. The summed E-state index contributed by atoms with van der Waals surface area (Å²) in [6, 6.07) is 17.9. The number of piperidine rings is 1. The van der Waals surface area contributed by atoms with Gasteiger partial charge in [-0.3, -0.25) is 9.69 Å². The van der Waals surface area contributed by atoms with Crippen molar-refractivity contribution in [2.75, 3.05) is 57.2 Å². The van der Waals surface area contributed by atoms with E-state index in [2.05, 4.69) is 39.4 Å². The van der Waals surface area contributed by atoms with Crippen molar-refractivity contribution in [2.45, 2.75) is 56.9 Å². The van der Waals surface area contributed by atoms with Gasteiger partial charge in [-0.05, 0) is 87.2 Å². The number of Topliss-reactive ketones (excluding diaryl/α,β-unsaturated/α-hetero) is 1. The molecule has 3 aromatic carbocycles. The summed E-state index contributed by atoms with van der Waals surface area (Å²) in [7, 11) is 3.36. The number of rotatable bonds is 10. The molecule has 9 heteroatoms. The van der Waals surface area contributed by atoms with Gasteiger partial charge >= 0.3 is 0 Å². The Balaban J connectivity index is 1.02. The van der Waals surface area contributed by atoms with Crippen molar-refractivity contribution in [3.8, 4) is 17.2 Å². The van der Waals surface area contributed by atoms with Crippen molar-refractivity contribution >= 4 is 28.8 Å². The molecule has 3 aromatic rings. The first-order chi connectivity index (χ1) is 21.9. The number of carbonyl (C=O) groups excluding carboxylic acids is 1. The highest BCUT2D eigenvalue weighted by Crippen LogP contribution is 2.50. The molecule has 3 heterocycles. The summed E-state index contributed by atoms with van der Waals surface area (Å²) < 4.78 is 23.8. The Morgan fingerprint density at radius 1 is 1.04 bits per heavy atom. The van der Waals surface area contributed by atoms with Gasteiger partial charge in [0, 0.05) is 44.2 Å². The summed E-state index contributed by atoms with van der Waals surface area (Å²) in [6.07, 6.45) is 5.36. The van der Waals surface area contributed by atoms with Gasteiger partial charge in [0.15, 0.2) is 17.3 Å². The van der Waals surface area contributed by atoms with Crippen LogP contribution in [0, 0.1) is 5.92 Å². The Labute approximate surface area is 270 Å². The molecule has 2 fully saturated rings. The second-order valence-electron chi connectivity index (χ2n) is 12.8. The van der Waals surface area contributed by atoms with Crippen molar-refractivity contribution < 1.29 is 23.7 Å². The number of anilines is 2. The van der Waals surface area contributed by atoms with Crippen molar-refractivity contribution in [3.05, 3.63) is 76.3 Å². The third-order valence-corrected chi connectivity index (χ3v) is 10.3. The molecule has 1 N–H and O–H groups in total. The van der Waals surface area contributed by atoms with Gasteiger partial charge in [-0.15, -0.1) is 0 Å². The van der Waals surface area contributed by atoms with E-state index < -0.39 is 5.79 Å². The van der Waals surface area contributed by atoms with E-state index in [1.54, 1.807) is 20.3 Å². The zero-order valence-electron chi connectivity index (χ0n) is 26.3. The standard InChI is InChI=1S/C36H42ClN3O5/c1-36(28-12-11-26(43-3)21-29(28)37)44-32-9-5-8-27(35(32)45-36)23-14-16-39(17-15-23)22-33-38-30-13-10-25(34(41)24-6-4-7-24)20-31(30)40(33)18-19-42-2/h5,8-13,20-21,23-24,33,38H,4,6-7,14-19,22H2,1-3H3. The highest BCUT2D eigenvalue weighted by atomic mass is 35.5. The Bertz CT molecular complexity index is 1570. The Morgan fingerprint density at radius 3 is 2.58 bits per heavy atom. The van der Waals surface area contributed by atoms with E-state index in [1.165, 1.54) is 5.56 Å². The molecule has 3 aliphatic heterocycles. The highest BCUT2D eigenvalue weighted by Gasteiger charge is 2.43. The Kier molecular flexibility index (Phi) is 8.31. The van der Waals surface area contributed by atoms with Crippen LogP contribution in [0.4, 0.5) is 11.4 Å². The first kappa shape index (κ1) is 30.2. The molecule has 7 rings (SSSR count). The number of ketones is 1. The van der Waals surface area contributed by atoms with Gasteiger partial charge < -0.3 is 29.2 Å². The number of halogens is 1. The Hall–Kier alpha value is -3.46. The van der Waals surface area contributed by atoms with Crippen LogP contribution in [0.15, 0.2) is 54.6 Å². The van der Waals surface area contributed by atoms with Gasteiger partial charge in [-0.25, -0.2) is 0 Å². The fraction of sp³-hybridized carbons (Fsp3) is 0.472. The van der Waals surface area contributed by atoms with Crippen LogP contribution in [0.2, 0.25) is 5.02 Å². The number of methoxy groups -OCH3 is 2. The molecule has 2 unspecified atom stereocenters. The maximum Gasteiger partial charge on any atom is 0.276 e. The maximum atomic E-state index is 13.0. The fourth-order valence-electron chi connectivity index (χ4n) is 7.23. The number of para-hydroxylation sites is 1. The molecule has 1 saturated heterocycles. The largest absolute Gasteiger partial charge is 0.497 e. The lowest BCUT2D eigenvalue weighted by Gasteiger charge is -2.36. The normalized spacial score (nSPS) is 23.0. The molecule has 0 spiro atoms. The second-order valence-corrected chi connectivity index (χ2v) is 13.2. The van der Waals surface area contributed by atoms with Crippen LogP contribution in [-0.4, -0.2) is 63.9 Å². The minimum absolute atomic E-state index is 0.119. The van der Waals surface area contributed by atoms with E-state index >= 15 is 0 Å². The van der Waals surface area contributed by atoms with E-state index in [1.807, 2.05) is 31.2 Å². The maximum absolute atomic E-state index is 13.0. The molecule has 1 saturated carbocycles. The number of likely N-dealkylation sites (tertiary alicyclic amines) is 1. The Morgan fingerprint density at radius 2 is 1.87 bits per heavy atom. The van der Waals surface area contributed by atoms with Crippen LogP contribution >= 0.6 is 11.6 Å². The van der Waals surface area contributed by atoms with E-state index in [-0.39, 0.29) is 17.9 Å². The molecule has 8 nitrogen and oxygen atoms in total. The zero-order valence-corrected chi connectivity index (χ0v) is 27.1. The smallest absolute Gasteiger partial charge is 0.276 e. The number of hydrogen-bond acceptors (Lipinski definition) is 8. The fourth-order valence-corrected chi connectivity index (χ4v) is 7.57. The minimum atomic E-state index is -1.01. The SMILES string of the molecule is COCCN1c2cc(C(=O)C3CCC3)ccc2NC1CN1CCC(c2cccc3c2OC(C)(c2ccc(OC)cc2Cl)O3)CC1. The van der Waals surface area contributed by atoms with Crippen LogP contribution < -0.4 is 24.4 Å². The van der Waals surface area contributed by atoms with E-state index in [9.17, 15) is 4.79 Å². The van der Waals surface area contributed by atoms with E-state index in [4.69, 9.17) is 30.5 Å². The quantitative estimate of drug-likeness (QED) is 0.239. The molecule has 45 heavy (non-hydrogen) atoms. The monoisotopic (exact) mass is 631 g/mol. The van der Waals surface area contributed by atoms with Gasteiger partial charge in [-0.1, -0.05) is 30.2 Å². The number of nitrogens with zero attached hydrogens (tertiary/aromatic N) is 2. The average Bonchev–Trinajstić information content (AvgIpc) is 3.55. The topological polar surface area (TPSA) is 72.5 Å². The van der Waals surface area contributed by atoms with Gasteiger partial charge in [0.1, 0.15) is 11.9 Å². The average molecular weight is 632 g/mol. The van der Waals surface area contributed by atoms with Crippen molar-refractivity contribution in [1.29, 1.82) is 0 Å². The number of carbonyl (C=O) groups is 1. The van der Waals surface area contributed by atoms with E-state index in [0.717, 1.165) is 92.3 Å². The molecule has 0 aromatic heterocycles. The lowest BCUT2D eigenvalue weighted by atomic mass is 9.80. The molecule has 0 bridgehead atoms. The number of nitrogens with one attached hydrogen (secondary N) is 1. The summed E-state index contributed by atoms with van der Waals surface area (Å²) in [4.78, 5) is 17.9. The molecule has 238 valence electrons. The van der Waals surface area contributed by atoms with Gasteiger partial charge in [0.25, 0.3) is 5.79 Å². The van der Waals surface area contributed by atoms with Crippen molar-refractivity contribution in [2.24, 2.45) is 5.92 Å².